The number of benzene rings is 1. The third-order valence-corrected chi connectivity index (χ3v) is 5.33. The van der Waals surface area contributed by atoms with Crippen LogP contribution in [0.4, 0.5) is 8.78 Å². The molecular weight excluding hydrogens is 374 g/mol. The van der Waals surface area contributed by atoms with Gasteiger partial charge in [0.1, 0.15) is 5.75 Å². The summed E-state index contributed by atoms with van der Waals surface area (Å²) in [7, 11) is -3.47. The lowest BCUT2D eigenvalue weighted by Crippen LogP contribution is -2.48. The molecule has 1 N–H and O–H groups in total. The van der Waals surface area contributed by atoms with E-state index in [1.807, 2.05) is 30.3 Å². The lowest BCUT2D eigenvalue weighted by Gasteiger charge is -2.35. The topological polar surface area (TPSA) is 68.3 Å². The molecule has 1 aliphatic carbocycles. The van der Waals surface area contributed by atoms with Crippen molar-refractivity contribution in [3.63, 3.8) is 0 Å². The maximum atomic E-state index is 13.8. The van der Waals surface area contributed by atoms with Crippen molar-refractivity contribution in [1.29, 1.82) is 0 Å². The van der Waals surface area contributed by atoms with Gasteiger partial charge in [0, 0.05) is 36.6 Å². The van der Waals surface area contributed by atoms with Crippen LogP contribution in [0, 0.1) is 5.92 Å². The van der Waals surface area contributed by atoms with Crippen LogP contribution in [-0.4, -0.2) is 38.2 Å². The average Bonchev–Trinajstić information content (AvgIpc) is 2.62. The van der Waals surface area contributed by atoms with E-state index in [4.69, 9.17) is 4.74 Å². The summed E-state index contributed by atoms with van der Waals surface area (Å²) in [5.74, 6) is -2.85. The van der Waals surface area contributed by atoms with Gasteiger partial charge < -0.3 is 4.74 Å². The first-order chi connectivity index (χ1) is 12.7. The van der Waals surface area contributed by atoms with Crippen LogP contribution in [0.5, 0.6) is 5.75 Å². The van der Waals surface area contributed by atoms with Gasteiger partial charge in [0.25, 0.3) is 0 Å². The second-order valence-corrected chi connectivity index (χ2v) is 8.69. The van der Waals surface area contributed by atoms with E-state index in [1.54, 1.807) is 18.3 Å². The van der Waals surface area contributed by atoms with Crippen molar-refractivity contribution < 1.29 is 21.9 Å². The quantitative estimate of drug-likeness (QED) is 0.812. The van der Waals surface area contributed by atoms with Gasteiger partial charge in [0.2, 0.25) is 15.9 Å². The zero-order valence-electron chi connectivity index (χ0n) is 14.9. The van der Waals surface area contributed by atoms with Crippen molar-refractivity contribution in [2.24, 2.45) is 5.92 Å². The minimum atomic E-state index is -3.47. The molecule has 0 radical (unpaired) electrons. The van der Waals surface area contributed by atoms with Gasteiger partial charge >= 0.3 is 0 Å². The molecule has 0 spiro atoms. The fraction of sp³-hybridized carbons (Fsp3) is 0.421. The van der Waals surface area contributed by atoms with Crippen LogP contribution < -0.4 is 9.46 Å². The first-order valence-electron chi connectivity index (χ1n) is 8.71. The Hall–Kier alpha value is -2.06. The number of aromatic nitrogens is 1. The molecule has 0 aliphatic heterocycles. The SMILES string of the molecule is CS(=O)(=O)N[C@H]1CCC(F)(F)C[C@H]1COc1ccc(-c2ccccn2)cc1. The highest BCUT2D eigenvalue weighted by atomic mass is 32.2. The molecule has 146 valence electrons. The van der Waals surface area contributed by atoms with Gasteiger partial charge in [-0.15, -0.1) is 0 Å². The first kappa shape index (κ1) is 19.7. The third kappa shape index (κ3) is 5.71. The van der Waals surface area contributed by atoms with E-state index in [2.05, 4.69) is 9.71 Å². The molecule has 27 heavy (non-hydrogen) atoms. The molecule has 0 amide bonds. The van der Waals surface area contributed by atoms with Gasteiger partial charge in [0.15, 0.2) is 0 Å². The summed E-state index contributed by atoms with van der Waals surface area (Å²) in [5.41, 5.74) is 1.75. The molecule has 0 bridgehead atoms. The Morgan fingerprint density at radius 1 is 1.22 bits per heavy atom. The monoisotopic (exact) mass is 396 g/mol. The Balaban J connectivity index is 1.65. The highest BCUT2D eigenvalue weighted by Gasteiger charge is 2.42. The Morgan fingerprint density at radius 2 is 1.96 bits per heavy atom. The van der Waals surface area contributed by atoms with Gasteiger partial charge in [-0.1, -0.05) is 6.07 Å². The number of nitrogens with zero attached hydrogens (tertiary/aromatic N) is 1. The number of sulfonamides is 1. The molecule has 1 saturated carbocycles. The molecule has 0 unspecified atom stereocenters. The highest BCUT2D eigenvalue weighted by molar-refractivity contribution is 7.88. The van der Waals surface area contributed by atoms with Crippen LogP contribution in [0.3, 0.4) is 0 Å². The smallest absolute Gasteiger partial charge is 0.248 e. The van der Waals surface area contributed by atoms with Gasteiger partial charge in [-0.25, -0.2) is 21.9 Å². The van der Waals surface area contributed by atoms with Crippen LogP contribution in [0.1, 0.15) is 19.3 Å². The summed E-state index contributed by atoms with van der Waals surface area (Å²) >= 11 is 0. The van der Waals surface area contributed by atoms with Crippen molar-refractivity contribution in [3.8, 4) is 17.0 Å². The number of nitrogens with one attached hydrogen (secondary N) is 1. The summed E-state index contributed by atoms with van der Waals surface area (Å²) in [4.78, 5) is 4.27. The number of alkyl halides is 2. The van der Waals surface area contributed by atoms with E-state index < -0.39 is 34.3 Å². The van der Waals surface area contributed by atoms with E-state index in [0.717, 1.165) is 17.5 Å². The van der Waals surface area contributed by atoms with Crippen molar-refractivity contribution >= 4 is 10.0 Å². The zero-order chi connectivity index (χ0) is 19.5. The minimum absolute atomic E-state index is 0.0196. The lowest BCUT2D eigenvalue weighted by atomic mass is 9.83. The van der Waals surface area contributed by atoms with E-state index in [1.165, 1.54) is 0 Å². The fourth-order valence-corrected chi connectivity index (χ4v) is 4.15. The van der Waals surface area contributed by atoms with Gasteiger partial charge in [-0.2, -0.15) is 0 Å². The Labute approximate surface area is 157 Å². The lowest BCUT2D eigenvalue weighted by molar-refractivity contribution is -0.0660. The van der Waals surface area contributed by atoms with E-state index in [0.29, 0.717) is 5.75 Å². The number of hydrogen-bond acceptors (Lipinski definition) is 4. The second kappa shape index (κ2) is 7.90. The van der Waals surface area contributed by atoms with Crippen LogP contribution in [0.25, 0.3) is 11.3 Å². The standard InChI is InChI=1S/C19H22F2N2O3S/c1-27(24,25)23-18-9-10-19(20,21)12-15(18)13-26-16-7-5-14(6-8-16)17-4-2-3-11-22-17/h2-8,11,15,18,23H,9-10,12-13H2,1H3/t15-,18-/m0/s1. The zero-order valence-corrected chi connectivity index (χ0v) is 15.8. The first-order valence-corrected chi connectivity index (χ1v) is 10.6. The van der Waals surface area contributed by atoms with Gasteiger partial charge in [-0.05, 0) is 42.8 Å². The number of rotatable bonds is 6. The predicted molar refractivity (Wildman–Crippen MR) is 99.2 cm³/mol. The summed E-state index contributed by atoms with van der Waals surface area (Å²) in [6.45, 7) is 0.0196. The van der Waals surface area contributed by atoms with E-state index in [-0.39, 0.29) is 19.4 Å². The van der Waals surface area contributed by atoms with Crippen molar-refractivity contribution in [2.45, 2.75) is 31.2 Å². The van der Waals surface area contributed by atoms with Crippen LogP contribution in [-0.2, 0) is 10.0 Å². The summed E-state index contributed by atoms with van der Waals surface area (Å²) in [5, 5.41) is 0. The summed E-state index contributed by atoms with van der Waals surface area (Å²) in [6.07, 6.45) is 2.11. The number of hydrogen-bond donors (Lipinski definition) is 1. The number of ether oxygens (including phenoxy) is 1. The fourth-order valence-electron chi connectivity index (χ4n) is 3.29. The van der Waals surface area contributed by atoms with Crippen LogP contribution >= 0.6 is 0 Å². The molecule has 2 aromatic rings. The van der Waals surface area contributed by atoms with Crippen molar-refractivity contribution in [2.75, 3.05) is 12.9 Å². The predicted octanol–water partition coefficient (Wildman–Crippen LogP) is 3.48. The molecule has 1 aromatic carbocycles. The van der Waals surface area contributed by atoms with Crippen LogP contribution in [0.2, 0.25) is 0 Å². The molecule has 8 heteroatoms. The molecule has 1 aliphatic rings. The van der Waals surface area contributed by atoms with E-state index >= 15 is 0 Å². The molecule has 1 aromatic heterocycles. The van der Waals surface area contributed by atoms with Crippen molar-refractivity contribution in [3.05, 3.63) is 48.7 Å². The maximum Gasteiger partial charge on any atom is 0.248 e. The molecule has 1 fully saturated rings. The Bertz CT molecular complexity index is 858. The van der Waals surface area contributed by atoms with Crippen LogP contribution in [0.15, 0.2) is 48.7 Å². The van der Waals surface area contributed by atoms with Gasteiger partial charge in [0.05, 0.1) is 18.6 Å². The highest BCUT2D eigenvalue weighted by Crippen LogP contribution is 2.37. The summed E-state index contributed by atoms with van der Waals surface area (Å²) in [6, 6.07) is 12.3. The molecule has 2 atom stereocenters. The van der Waals surface area contributed by atoms with E-state index in [9.17, 15) is 17.2 Å². The Morgan fingerprint density at radius 3 is 2.59 bits per heavy atom. The maximum absolute atomic E-state index is 13.8. The van der Waals surface area contributed by atoms with Crippen molar-refractivity contribution in [1.82, 2.24) is 9.71 Å². The average molecular weight is 396 g/mol. The summed E-state index contributed by atoms with van der Waals surface area (Å²) < 4.78 is 58.7. The normalized spacial score (nSPS) is 22.3. The second-order valence-electron chi connectivity index (χ2n) is 6.91. The number of pyridine rings is 1. The third-order valence-electron chi connectivity index (χ3n) is 4.60. The Kier molecular flexibility index (Phi) is 5.76. The number of halogens is 2. The molecule has 1 heterocycles. The van der Waals surface area contributed by atoms with Gasteiger partial charge in [-0.3, -0.25) is 4.98 Å². The minimum Gasteiger partial charge on any atom is -0.493 e. The molecule has 5 nitrogen and oxygen atoms in total. The molecular formula is C19H22F2N2O3S. The molecule has 3 rings (SSSR count). The molecule has 0 saturated heterocycles. The largest absolute Gasteiger partial charge is 0.493 e.